The van der Waals surface area contributed by atoms with Gasteiger partial charge in [-0.05, 0) is 55.3 Å². The number of nitrogens with one attached hydrogen (secondary N) is 2. The second-order valence-corrected chi connectivity index (χ2v) is 6.08. The van der Waals surface area contributed by atoms with E-state index in [4.69, 9.17) is 0 Å². The maximum atomic E-state index is 13.1. The van der Waals surface area contributed by atoms with Crippen molar-refractivity contribution < 1.29 is 4.39 Å². The highest BCUT2D eigenvalue weighted by Gasteiger charge is 2.20. The van der Waals surface area contributed by atoms with Gasteiger partial charge in [0.25, 0.3) is 0 Å². The first-order valence-electron chi connectivity index (χ1n) is 7.98. The number of nitrogens with zero attached hydrogens (tertiary/aromatic N) is 2. The summed E-state index contributed by atoms with van der Waals surface area (Å²) in [5.41, 5.74) is 3.23. The van der Waals surface area contributed by atoms with Crippen molar-refractivity contribution in [3.05, 3.63) is 54.5 Å². The predicted octanol–water partition coefficient (Wildman–Crippen LogP) is 3.78. The Kier molecular flexibility index (Phi) is 3.61. The molecule has 3 aromatic rings. The summed E-state index contributed by atoms with van der Waals surface area (Å²) in [5, 5.41) is 11.8. The van der Waals surface area contributed by atoms with E-state index in [1.807, 2.05) is 18.3 Å². The summed E-state index contributed by atoms with van der Waals surface area (Å²) in [4.78, 5) is 2.31. The lowest BCUT2D eigenvalue weighted by molar-refractivity contribution is 0.530. The van der Waals surface area contributed by atoms with Crippen LogP contribution in [0.3, 0.4) is 0 Å². The first kappa shape index (κ1) is 14.1. The van der Waals surface area contributed by atoms with Crippen LogP contribution in [0.15, 0.2) is 48.7 Å². The molecule has 0 aliphatic carbocycles. The topological polar surface area (TPSA) is 44.0 Å². The normalized spacial score (nSPS) is 18.3. The Morgan fingerprint density at radius 1 is 1.17 bits per heavy atom. The van der Waals surface area contributed by atoms with E-state index in [9.17, 15) is 4.39 Å². The molecule has 2 N–H and O–H groups in total. The Bertz CT molecular complexity index is 796. The smallest absolute Gasteiger partial charge is 0.123 e. The highest BCUT2D eigenvalue weighted by Crippen LogP contribution is 2.23. The van der Waals surface area contributed by atoms with Crippen LogP contribution >= 0.6 is 0 Å². The van der Waals surface area contributed by atoms with Gasteiger partial charge in [0, 0.05) is 35.9 Å². The SMILES string of the molecule is Fc1ccc(N2CCCC(Nc3ccc4cn[nH]c4c3)C2)cc1. The first-order chi connectivity index (χ1) is 11.3. The van der Waals surface area contributed by atoms with Crippen LogP contribution in [-0.2, 0) is 0 Å². The molecule has 4 nitrogen and oxygen atoms in total. The molecule has 0 radical (unpaired) electrons. The minimum absolute atomic E-state index is 0.187. The van der Waals surface area contributed by atoms with E-state index in [0.717, 1.165) is 48.2 Å². The van der Waals surface area contributed by atoms with E-state index in [-0.39, 0.29) is 5.82 Å². The van der Waals surface area contributed by atoms with Gasteiger partial charge in [0.15, 0.2) is 0 Å². The molecule has 4 rings (SSSR count). The largest absolute Gasteiger partial charge is 0.380 e. The van der Waals surface area contributed by atoms with Crippen LogP contribution in [0, 0.1) is 5.82 Å². The summed E-state index contributed by atoms with van der Waals surface area (Å²) in [7, 11) is 0. The number of benzene rings is 2. The Morgan fingerprint density at radius 3 is 2.91 bits per heavy atom. The fourth-order valence-corrected chi connectivity index (χ4v) is 3.24. The second kappa shape index (κ2) is 5.91. The number of H-pyrrole nitrogens is 1. The maximum Gasteiger partial charge on any atom is 0.123 e. The molecule has 1 saturated heterocycles. The van der Waals surface area contributed by atoms with Gasteiger partial charge in [0.05, 0.1) is 11.7 Å². The lowest BCUT2D eigenvalue weighted by Gasteiger charge is -2.35. The third kappa shape index (κ3) is 2.99. The second-order valence-electron chi connectivity index (χ2n) is 6.08. The number of rotatable bonds is 3. The molecule has 1 aromatic heterocycles. The number of aromatic nitrogens is 2. The standard InChI is InChI=1S/C18H19FN4/c19-14-4-7-17(8-5-14)23-9-1-2-16(12-23)21-15-6-3-13-11-20-22-18(13)10-15/h3-8,10-11,16,21H,1-2,9,12H2,(H,20,22). The number of halogens is 1. The number of anilines is 2. The molecule has 0 amide bonds. The molecule has 0 saturated carbocycles. The summed E-state index contributed by atoms with van der Waals surface area (Å²) in [6.07, 6.45) is 4.09. The van der Waals surface area contributed by atoms with Crippen LogP contribution < -0.4 is 10.2 Å². The van der Waals surface area contributed by atoms with Gasteiger partial charge in [0.2, 0.25) is 0 Å². The Balaban J connectivity index is 1.47. The van der Waals surface area contributed by atoms with E-state index >= 15 is 0 Å². The van der Waals surface area contributed by atoms with Crippen molar-refractivity contribution in [2.24, 2.45) is 0 Å². The highest BCUT2D eigenvalue weighted by atomic mass is 19.1. The fraction of sp³-hybridized carbons (Fsp3) is 0.278. The van der Waals surface area contributed by atoms with Gasteiger partial charge >= 0.3 is 0 Å². The number of hydrogen-bond acceptors (Lipinski definition) is 3. The minimum atomic E-state index is -0.187. The first-order valence-corrected chi connectivity index (χ1v) is 7.98. The van der Waals surface area contributed by atoms with Crippen LogP contribution in [0.4, 0.5) is 15.8 Å². The lowest BCUT2D eigenvalue weighted by atomic mass is 10.0. The zero-order valence-electron chi connectivity index (χ0n) is 12.8. The fourth-order valence-electron chi connectivity index (χ4n) is 3.24. The van der Waals surface area contributed by atoms with Crippen molar-refractivity contribution in [3.63, 3.8) is 0 Å². The van der Waals surface area contributed by atoms with Gasteiger partial charge < -0.3 is 10.2 Å². The molecular weight excluding hydrogens is 291 g/mol. The van der Waals surface area contributed by atoms with Gasteiger partial charge in [-0.1, -0.05) is 0 Å². The molecule has 5 heteroatoms. The zero-order valence-corrected chi connectivity index (χ0v) is 12.8. The summed E-state index contributed by atoms with van der Waals surface area (Å²) >= 11 is 0. The summed E-state index contributed by atoms with van der Waals surface area (Å²) in [6.45, 7) is 1.94. The average Bonchev–Trinajstić information content (AvgIpc) is 3.03. The van der Waals surface area contributed by atoms with Crippen LogP contribution in [0.25, 0.3) is 10.9 Å². The van der Waals surface area contributed by atoms with Crippen molar-refractivity contribution >= 4 is 22.3 Å². The Labute approximate surface area is 134 Å². The van der Waals surface area contributed by atoms with E-state index in [1.165, 1.54) is 12.1 Å². The average molecular weight is 310 g/mol. The Hall–Kier alpha value is -2.56. The quantitative estimate of drug-likeness (QED) is 0.773. The minimum Gasteiger partial charge on any atom is -0.380 e. The third-order valence-corrected chi connectivity index (χ3v) is 4.43. The van der Waals surface area contributed by atoms with E-state index in [2.05, 4.69) is 38.6 Å². The van der Waals surface area contributed by atoms with Crippen molar-refractivity contribution in [1.29, 1.82) is 0 Å². The van der Waals surface area contributed by atoms with Gasteiger partial charge in [-0.3, -0.25) is 5.10 Å². The number of piperidine rings is 1. The molecule has 23 heavy (non-hydrogen) atoms. The number of hydrogen-bond donors (Lipinski definition) is 2. The van der Waals surface area contributed by atoms with Gasteiger partial charge in [0.1, 0.15) is 5.82 Å². The molecule has 1 fully saturated rings. The summed E-state index contributed by atoms with van der Waals surface area (Å²) < 4.78 is 13.1. The molecule has 2 aromatic carbocycles. The van der Waals surface area contributed by atoms with Crippen molar-refractivity contribution in [2.45, 2.75) is 18.9 Å². The highest BCUT2D eigenvalue weighted by molar-refractivity contribution is 5.81. The molecule has 118 valence electrons. The van der Waals surface area contributed by atoms with E-state index in [0.29, 0.717) is 6.04 Å². The van der Waals surface area contributed by atoms with Crippen molar-refractivity contribution in [1.82, 2.24) is 10.2 Å². The Morgan fingerprint density at radius 2 is 2.04 bits per heavy atom. The summed E-state index contributed by atoms with van der Waals surface area (Å²) in [5.74, 6) is -0.187. The van der Waals surface area contributed by atoms with Crippen LogP contribution in [0.5, 0.6) is 0 Å². The molecular formula is C18H19FN4. The van der Waals surface area contributed by atoms with Crippen LogP contribution in [-0.4, -0.2) is 29.3 Å². The van der Waals surface area contributed by atoms with Crippen molar-refractivity contribution in [2.75, 3.05) is 23.3 Å². The van der Waals surface area contributed by atoms with Crippen LogP contribution in [0.2, 0.25) is 0 Å². The van der Waals surface area contributed by atoms with Crippen LogP contribution in [0.1, 0.15) is 12.8 Å². The molecule has 0 spiro atoms. The molecule has 1 atom stereocenters. The third-order valence-electron chi connectivity index (χ3n) is 4.43. The molecule has 1 aliphatic heterocycles. The maximum absolute atomic E-state index is 13.1. The van der Waals surface area contributed by atoms with Crippen molar-refractivity contribution in [3.8, 4) is 0 Å². The molecule has 0 bridgehead atoms. The van der Waals surface area contributed by atoms with Gasteiger partial charge in [-0.15, -0.1) is 0 Å². The molecule has 1 unspecified atom stereocenters. The monoisotopic (exact) mass is 310 g/mol. The molecule has 2 heterocycles. The predicted molar refractivity (Wildman–Crippen MR) is 91.4 cm³/mol. The van der Waals surface area contributed by atoms with Gasteiger partial charge in [-0.25, -0.2) is 4.39 Å². The van der Waals surface area contributed by atoms with E-state index < -0.39 is 0 Å². The van der Waals surface area contributed by atoms with E-state index in [1.54, 1.807) is 0 Å². The van der Waals surface area contributed by atoms with Gasteiger partial charge in [-0.2, -0.15) is 5.10 Å². The zero-order chi connectivity index (χ0) is 15.6. The number of fused-ring (bicyclic) bond motifs is 1. The number of aromatic amines is 1. The molecule has 1 aliphatic rings. The summed E-state index contributed by atoms with van der Waals surface area (Å²) in [6, 6.07) is 13.4. The lowest BCUT2D eigenvalue weighted by Crippen LogP contribution is -2.42.